The number of amides is 1. The molecule has 0 unspecified atom stereocenters. The molecule has 0 aliphatic carbocycles. The van der Waals surface area contributed by atoms with E-state index in [1.165, 1.54) is 19.2 Å². The molecule has 2 aromatic carbocycles. The first-order valence-electron chi connectivity index (χ1n) is 8.73. The third-order valence-electron chi connectivity index (χ3n) is 4.31. The quantitative estimate of drug-likeness (QED) is 0.525. The number of fused-ring (bicyclic) bond motifs is 1. The van der Waals surface area contributed by atoms with Gasteiger partial charge in [-0.1, -0.05) is 12.1 Å². The summed E-state index contributed by atoms with van der Waals surface area (Å²) in [6.07, 6.45) is 1.67. The molecule has 0 fully saturated rings. The largest absolute Gasteiger partial charge is 0.497 e. The second kappa shape index (κ2) is 7.59. The Hall–Kier alpha value is -3.94. The van der Waals surface area contributed by atoms with Crippen LogP contribution in [0.5, 0.6) is 5.75 Å². The van der Waals surface area contributed by atoms with Crippen molar-refractivity contribution in [3.63, 3.8) is 0 Å². The molecule has 1 amide bonds. The van der Waals surface area contributed by atoms with Crippen molar-refractivity contribution in [2.45, 2.75) is 6.54 Å². The number of nitrogens with zero attached hydrogens (tertiary/aromatic N) is 2. The van der Waals surface area contributed by atoms with E-state index < -0.39 is 11.5 Å². The smallest absolute Gasteiger partial charge is 0.337 e. The number of carbonyl (C=O) groups excluding carboxylic acids is 1. The van der Waals surface area contributed by atoms with E-state index in [-0.39, 0.29) is 17.0 Å². The fourth-order valence-corrected chi connectivity index (χ4v) is 2.98. The van der Waals surface area contributed by atoms with Gasteiger partial charge >= 0.3 is 5.63 Å². The zero-order chi connectivity index (χ0) is 20.4. The number of hydrogen-bond acceptors (Lipinski definition) is 5. The van der Waals surface area contributed by atoms with Crippen LogP contribution in [0, 0.1) is 5.82 Å². The van der Waals surface area contributed by atoms with Gasteiger partial charge in [-0.15, -0.1) is 0 Å². The van der Waals surface area contributed by atoms with Crippen molar-refractivity contribution in [3.8, 4) is 5.75 Å². The van der Waals surface area contributed by atoms with E-state index in [1.807, 2.05) is 0 Å². The molecule has 0 bridgehead atoms. The summed E-state index contributed by atoms with van der Waals surface area (Å²) in [4.78, 5) is 24.6. The van der Waals surface area contributed by atoms with Gasteiger partial charge in [0.2, 0.25) is 0 Å². The van der Waals surface area contributed by atoms with Crippen molar-refractivity contribution in [3.05, 3.63) is 88.2 Å². The predicted octanol–water partition coefficient (Wildman–Crippen LogP) is 3.44. The molecule has 2 heterocycles. The molecular formula is C21H16FN3O4. The second-order valence-corrected chi connectivity index (χ2v) is 6.32. The van der Waals surface area contributed by atoms with Crippen molar-refractivity contribution in [2.75, 3.05) is 12.4 Å². The molecule has 0 saturated heterocycles. The summed E-state index contributed by atoms with van der Waals surface area (Å²) in [6, 6.07) is 13.8. The van der Waals surface area contributed by atoms with Crippen LogP contribution in [0.2, 0.25) is 0 Å². The molecule has 0 spiro atoms. The molecule has 0 radical (unpaired) electrons. The van der Waals surface area contributed by atoms with Gasteiger partial charge in [-0.05, 0) is 29.8 Å². The summed E-state index contributed by atoms with van der Waals surface area (Å²) in [5.74, 6) is -0.00530. The van der Waals surface area contributed by atoms with Crippen molar-refractivity contribution in [2.24, 2.45) is 0 Å². The fraction of sp³-hybridized carbons (Fsp3) is 0.0952. The van der Waals surface area contributed by atoms with Gasteiger partial charge in [-0.3, -0.25) is 9.48 Å². The Bertz CT molecular complexity index is 1260. The molecule has 2 aromatic heterocycles. The number of carbonyl (C=O) groups is 1. The van der Waals surface area contributed by atoms with Crippen LogP contribution in [-0.2, 0) is 6.54 Å². The van der Waals surface area contributed by atoms with Crippen LogP contribution in [0.4, 0.5) is 10.2 Å². The highest BCUT2D eigenvalue weighted by Gasteiger charge is 2.15. The third kappa shape index (κ3) is 4.01. The van der Waals surface area contributed by atoms with Crippen LogP contribution in [0.15, 0.2) is 70.0 Å². The minimum absolute atomic E-state index is 0.165. The molecule has 0 aliphatic rings. The van der Waals surface area contributed by atoms with Gasteiger partial charge in [0.1, 0.15) is 17.1 Å². The van der Waals surface area contributed by atoms with Gasteiger partial charge in [-0.2, -0.15) is 5.10 Å². The standard InChI is InChI=1S/C21H16FN3O4/c1-28-15-5-6-16-17(11-20(26)29-18(16)10-15)21(27)23-19-7-8-25(24-19)12-13-3-2-4-14(22)9-13/h2-11H,12H2,1H3,(H,23,24,27). The Morgan fingerprint density at radius 2 is 2.07 bits per heavy atom. The summed E-state index contributed by atoms with van der Waals surface area (Å²) in [5, 5.41) is 7.41. The maximum atomic E-state index is 13.3. The monoisotopic (exact) mass is 393 g/mol. The first kappa shape index (κ1) is 18.4. The fourth-order valence-electron chi connectivity index (χ4n) is 2.98. The Labute approximate surface area is 164 Å². The number of rotatable bonds is 5. The minimum Gasteiger partial charge on any atom is -0.497 e. The van der Waals surface area contributed by atoms with Crippen LogP contribution >= 0.6 is 0 Å². The van der Waals surface area contributed by atoms with Crippen molar-refractivity contribution < 1.29 is 18.3 Å². The maximum absolute atomic E-state index is 13.3. The van der Waals surface area contributed by atoms with Crippen molar-refractivity contribution >= 4 is 22.7 Å². The van der Waals surface area contributed by atoms with E-state index in [2.05, 4.69) is 10.4 Å². The molecule has 0 aliphatic heterocycles. The Morgan fingerprint density at radius 1 is 1.21 bits per heavy atom. The number of aromatic nitrogens is 2. The van der Waals surface area contributed by atoms with E-state index in [0.717, 1.165) is 11.6 Å². The van der Waals surface area contributed by atoms with Gasteiger partial charge in [0.15, 0.2) is 5.82 Å². The summed E-state index contributed by atoms with van der Waals surface area (Å²) >= 11 is 0. The van der Waals surface area contributed by atoms with Gasteiger partial charge in [0.05, 0.1) is 19.2 Å². The Kier molecular flexibility index (Phi) is 4.82. The Morgan fingerprint density at radius 3 is 2.86 bits per heavy atom. The lowest BCUT2D eigenvalue weighted by molar-refractivity contribution is 0.102. The average Bonchev–Trinajstić information content (AvgIpc) is 3.13. The number of ether oxygens (including phenoxy) is 1. The molecule has 0 saturated carbocycles. The topological polar surface area (TPSA) is 86.4 Å². The predicted molar refractivity (Wildman–Crippen MR) is 105 cm³/mol. The van der Waals surface area contributed by atoms with E-state index in [1.54, 1.807) is 47.3 Å². The van der Waals surface area contributed by atoms with Crippen LogP contribution in [0.1, 0.15) is 15.9 Å². The van der Waals surface area contributed by atoms with Gasteiger partial charge < -0.3 is 14.5 Å². The highest BCUT2D eigenvalue weighted by Crippen LogP contribution is 2.23. The van der Waals surface area contributed by atoms with E-state index >= 15 is 0 Å². The first-order valence-corrected chi connectivity index (χ1v) is 8.73. The van der Waals surface area contributed by atoms with Gasteiger partial charge in [0, 0.05) is 29.8 Å². The van der Waals surface area contributed by atoms with Crippen molar-refractivity contribution in [1.82, 2.24) is 9.78 Å². The summed E-state index contributed by atoms with van der Waals surface area (Å²) in [5.41, 5.74) is 0.510. The number of nitrogens with one attached hydrogen (secondary N) is 1. The molecular weight excluding hydrogens is 377 g/mol. The molecule has 146 valence electrons. The van der Waals surface area contributed by atoms with E-state index in [9.17, 15) is 14.0 Å². The van der Waals surface area contributed by atoms with Crippen LogP contribution in [-0.4, -0.2) is 22.8 Å². The number of methoxy groups -OCH3 is 1. The Balaban J connectivity index is 1.57. The van der Waals surface area contributed by atoms with Gasteiger partial charge in [0.25, 0.3) is 5.91 Å². The molecule has 0 atom stereocenters. The summed E-state index contributed by atoms with van der Waals surface area (Å²) in [6.45, 7) is 0.352. The zero-order valence-electron chi connectivity index (χ0n) is 15.4. The molecule has 1 N–H and O–H groups in total. The number of benzene rings is 2. The van der Waals surface area contributed by atoms with Gasteiger partial charge in [-0.25, -0.2) is 9.18 Å². The van der Waals surface area contributed by atoms with E-state index in [0.29, 0.717) is 23.5 Å². The molecule has 7 nitrogen and oxygen atoms in total. The van der Waals surface area contributed by atoms with Crippen LogP contribution in [0.3, 0.4) is 0 Å². The third-order valence-corrected chi connectivity index (χ3v) is 4.31. The minimum atomic E-state index is -0.646. The molecule has 4 rings (SSSR count). The molecule has 8 heteroatoms. The highest BCUT2D eigenvalue weighted by molar-refractivity contribution is 6.11. The van der Waals surface area contributed by atoms with Crippen LogP contribution < -0.4 is 15.7 Å². The van der Waals surface area contributed by atoms with Crippen LogP contribution in [0.25, 0.3) is 11.0 Å². The van der Waals surface area contributed by atoms with E-state index in [4.69, 9.17) is 9.15 Å². The molecule has 4 aromatic rings. The zero-order valence-corrected chi connectivity index (χ0v) is 15.4. The highest BCUT2D eigenvalue weighted by atomic mass is 19.1. The lowest BCUT2D eigenvalue weighted by atomic mass is 10.1. The lowest BCUT2D eigenvalue weighted by Crippen LogP contribution is -2.16. The maximum Gasteiger partial charge on any atom is 0.337 e. The van der Waals surface area contributed by atoms with Crippen molar-refractivity contribution in [1.29, 1.82) is 0 Å². The first-order chi connectivity index (χ1) is 14.0. The number of hydrogen-bond donors (Lipinski definition) is 1. The number of halogens is 1. The normalized spacial score (nSPS) is 10.8. The average molecular weight is 393 g/mol. The summed E-state index contributed by atoms with van der Waals surface area (Å²) < 4.78 is 25.2. The lowest BCUT2D eigenvalue weighted by Gasteiger charge is -2.07. The summed E-state index contributed by atoms with van der Waals surface area (Å²) in [7, 11) is 1.50. The number of anilines is 1. The molecule has 29 heavy (non-hydrogen) atoms. The second-order valence-electron chi connectivity index (χ2n) is 6.32. The SMILES string of the molecule is COc1ccc2c(C(=O)Nc3ccn(Cc4cccc(F)c4)n3)cc(=O)oc2c1.